The van der Waals surface area contributed by atoms with E-state index < -0.39 is 23.2 Å². The summed E-state index contributed by atoms with van der Waals surface area (Å²) >= 11 is 0. The van der Waals surface area contributed by atoms with Gasteiger partial charge in [-0.1, -0.05) is 12.1 Å². The van der Waals surface area contributed by atoms with Crippen LogP contribution in [0.2, 0.25) is 0 Å². The van der Waals surface area contributed by atoms with Gasteiger partial charge in [0.05, 0.1) is 37.0 Å². The van der Waals surface area contributed by atoms with Crippen molar-refractivity contribution in [1.82, 2.24) is 9.80 Å². The first-order valence-electron chi connectivity index (χ1n) is 9.71. The van der Waals surface area contributed by atoms with E-state index in [4.69, 9.17) is 9.47 Å². The van der Waals surface area contributed by atoms with Gasteiger partial charge in [-0.25, -0.2) is 0 Å². The second kappa shape index (κ2) is 10.4. The van der Waals surface area contributed by atoms with Gasteiger partial charge in [0.2, 0.25) is 0 Å². The Balaban J connectivity index is 2.17. The molecule has 1 N–H and O–H groups in total. The van der Waals surface area contributed by atoms with Gasteiger partial charge < -0.3 is 19.5 Å². The highest BCUT2D eigenvalue weighted by molar-refractivity contribution is 5.94. The lowest BCUT2D eigenvalue weighted by Gasteiger charge is -2.43. The van der Waals surface area contributed by atoms with Crippen molar-refractivity contribution in [3.63, 3.8) is 0 Å². The molecule has 0 unspecified atom stereocenters. The average molecular weight is 430 g/mol. The predicted molar refractivity (Wildman–Crippen MR) is 106 cm³/mol. The maximum atomic E-state index is 13.0. The summed E-state index contributed by atoms with van der Waals surface area (Å²) < 4.78 is 50.0. The quantitative estimate of drug-likeness (QED) is 0.610. The fourth-order valence-electron chi connectivity index (χ4n) is 3.32. The van der Waals surface area contributed by atoms with Gasteiger partial charge in [0.1, 0.15) is 0 Å². The lowest BCUT2D eigenvalue weighted by molar-refractivity contribution is -0.137. The number of alkyl halides is 3. The molecule has 9 heteroatoms. The number of carbonyl (C=O) groups is 1. The largest absolute Gasteiger partial charge is 0.416 e. The van der Waals surface area contributed by atoms with Crippen LogP contribution >= 0.6 is 0 Å². The summed E-state index contributed by atoms with van der Waals surface area (Å²) in [6.07, 6.45) is -3.22. The molecule has 0 saturated carbocycles. The van der Waals surface area contributed by atoms with Crippen molar-refractivity contribution in [2.75, 3.05) is 53.1 Å². The van der Waals surface area contributed by atoms with Gasteiger partial charge in [-0.15, -0.1) is 6.58 Å². The van der Waals surface area contributed by atoms with Crippen LogP contribution in [0.25, 0.3) is 0 Å². The molecule has 2 atom stereocenters. The minimum atomic E-state index is -4.53. The number of aliphatic hydroxyl groups excluding tert-OH is 1. The van der Waals surface area contributed by atoms with Gasteiger partial charge in [-0.3, -0.25) is 9.69 Å². The third-order valence-corrected chi connectivity index (χ3v) is 5.33. The maximum absolute atomic E-state index is 13.0. The number of benzene rings is 1. The van der Waals surface area contributed by atoms with E-state index in [1.54, 1.807) is 6.08 Å². The number of carbonyl (C=O) groups excluding carboxylic acids is 1. The Morgan fingerprint density at radius 1 is 1.47 bits per heavy atom. The minimum Gasteiger partial charge on any atom is -0.394 e. The number of ether oxygens (including phenoxy) is 2. The van der Waals surface area contributed by atoms with Crippen LogP contribution in [0.15, 0.2) is 36.9 Å². The molecule has 168 valence electrons. The van der Waals surface area contributed by atoms with Crippen molar-refractivity contribution in [1.29, 1.82) is 0 Å². The van der Waals surface area contributed by atoms with Crippen molar-refractivity contribution in [3.05, 3.63) is 48.0 Å². The topological polar surface area (TPSA) is 62.2 Å². The van der Waals surface area contributed by atoms with Crippen LogP contribution in [0, 0.1) is 0 Å². The zero-order valence-electron chi connectivity index (χ0n) is 17.3. The molecule has 6 nitrogen and oxygen atoms in total. The molecule has 0 aliphatic carbocycles. The lowest BCUT2D eigenvalue weighted by atomic mass is 9.99. The Morgan fingerprint density at radius 3 is 2.80 bits per heavy atom. The molecule has 0 bridgehead atoms. The van der Waals surface area contributed by atoms with Gasteiger partial charge in [-0.05, 0) is 25.1 Å². The molecule has 1 fully saturated rings. The van der Waals surface area contributed by atoms with E-state index in [0.29, 0.717) is 19.7 Å². The molecule has 0 aromatic heterocycles. The number of hydrogen-bond donors (Lipinski definition) is 1. The minimum absolute atomic E-state index is 0.0418. The van der Waals surface area contributed by atoms with Gasteiger partial charge in [0.25, 0.3) is 5.91 Å². The predicted octanol–water partition coefficient (Wildman–Crippen LogP) is 2.43. The van der Waals surface area contributed by atoms with Gasteiger partial charge in [0, 0.05) is 38.9 Å². The van der Waals surface area contributed by atoms with Crippen molar-refractivity contribution in [2.45, 2.75) is 24.7 Å². The van der Waals surface area contributed by atoms with E-state index in [1.807, 2.05) is 11.8 Å². The van der Waals surface area contributed by atoms with Crippen molar-refractivity contribution in [3.8, 4) is 0 Å². The number of methoxy groups -OCH3 is 1. The third-order valence-electron chi connectivity index (χ3n) is 5.33. The molecule has 0 radical (unpaired) electrons. The fraction of sp³-hybridized carbons (Fsp3) is 0.571. The molecule has 1 heterocycles. The third kappa shape index (κ3) is 6.04. The van der Waals surface area contributed by atoms with Crippen LogP contribution in [-0.4, -0.2) is 85.6 Å². The Labute approximate surface area is 174 Å². The second-order valence-electron chi connectivity index (χ2n) is 7.48. The number of rotatable bonds is 9. The second-order valence-corrected chi connectivity index (χ2v) is 7.48. The van der Waals surface area contributed by atoms with E-state index in [2.05, 4.69) is 6.58 Å². The summed E-state index contributed by atoms with van der Waals surface area (Å²) in [7, 11) is 1.49. The fourth-order valence-corrected chi connectivity index (χ4v) is 3.32. The monoisotopic (exact) mass is 430 g/mol. The number of nitrogens with zero attached hydrogens (tertiary/aromatic N) is 2. The first kappa shape index (κ1) is 24.3. The van der Waals surface area contributed by atoms with Gasteiger partial charge >= 0.3 is 6.18 Å². The lowest BCUT2D eigenvalue weighted by Crippen LogP contribution is -2.57. The molecule has 1 aliphatic heterocycles. The first-order chi connectivity index (χ1) is 14.1. The summed E-state index contributed by atoms with van der Waals surface area (Å²) in [6.45, 7) is 7.62. The Hall–Kier alpha value is -1.94. The summed E-state index contributed by atoms with van der Waals surface area (Å²) in [5, 5.41) is 9.72. The van der Waals surface area contributed by atoms with Crippen LogP contribution in [-0.2, 0) is 15.7 Å². The molecule has 30 heavy (non-hydrogen) atoms. The van der Waals surface area contributed by atoms with Crippen LogP contribution in [0.3, 0.4) is 0 Å². The van der Waals surface area contributed by atoms with Gasteiger partial charge in [0.15, 0.2) is 0 Å². The first-order valence-corrected chi connectivity index (χ1v) is 9.71. The summed E-state index contributed by atoms with van der Waals surface area (Å²) in [6, 6.07) is 4.38. The standard InChI is InChI=1S/C21H29F3N2O4/c1-4-20(2,15-27)26-9-11-30-18(14-26)13-25(8-10-29-3)19(28)16-6-5-7-17(12-16)21(22,23)24/h4-7,12,18,27H,1,8-11,13-15H2,2-3H3/t18-,20+/m1/s1. The van der Waals surface area contributed by atoms with Crippen LogP contribution in [0.5, 0.6) is 0 Å². The van der Waals surface area contributed by atoms with Crippen molar-refractivity contribution in [2.24, 2.45) is 0 Å². The average Bonchev–Trinajstić information content (AvgIpc) is 2.75. The van der Waals surface area contributed by atoms with Crippen LogP contribution < -0.4 is 0 Å². The number of aliphatic hydroxyl groups is 1. The number of hydrogen-bond acceptors (Lipinski definition) is 5. The van der Waals surface area contributed by atoms with E-state index in [-0.39, 0.29) is 38.0 Å². The van der Waals surface area contributed by atoms with E-state index in [9.17, 15) is 23.1 Å². The van der Waals surface area contributed by atoms with E-state index >= 15 is 0 Å². The number of halogens is 3. The van der Waals surface area contributed by atoms with E-state index in [1.165, 1.54) is 24.1 Å². The molecule has 2 rings (SSSR count). The summed E-state index contributed by atoms with van der Waals surface area (Å²) in [5.74, 6) is -0.521. The highest BCUT2D eigenvalue weighted by atomic mass is 19.4. The van der Waals surface area contributed by atoms with Crippen molar-refractivity contribution < 1.29 is 32.5 Å². The Bertz CT molecular complexity index is 728. The molecule has 1 aromatic rings. The molecule has 1 aliphatic rings. The molecule has 1 saturated heterocycles. The smallest absolute Gasteiger partial charge is 0.394 e. The maximum Gasteiger partial charge on any atom is 0.416 e. The van der Waals surface area contributed by atoms with Gasteiger partial charge in [-0.2, -0.15) is 13.2 Å². The van der Waals surface area contributed by atoms with Crippen LogP contribution in [0.1, 0.15) is 22.8 Å². The zero-order valence-corrected chi connectivity index (χ0v) is 17.3. The molecular weight excluding hydrogens is 401 g/mol. The summed E-state index contributed by atoms with van der Waals surface area (Å²) in [4.78, 5) is 16.4. The molecule has 1 aromatic carbocycles. The zero-order chi connectivity index (χ0) is 22.4. The molecule has 0 spiro atoms. The number of amides is 1. The van der Waals surface area contributed by atoms with Crippen LogP contribution in [0.4, 0.5) is 13.2 Å². The highest BCUT2D eigenvalue weighted by Gasteiger charge is 2.35. The summed E-state index contributed by atoms with van der Waals surface area (Å²) in [5.41, 5.74) is -1.53. The SMILES string of the molecule is C=C[C@@](C)(CO)N1CCO[C@H](CN(CCOC)C(=O)c2cccc(C(F)(F)F)c2)C1. The molecular formula is C21H29F3N2O4. The normalized spacial score (nSPS) is 19.9. The van der Waals surface area contributed by atoms with Crippen molar-refractivity contribution >= 4 is 5.91 Å². The Morgan fingerprint density at radius 2 is 2.20 bits per heavy atom. The Kier molecular flexibility index (Phi) is 8.42. The highest BCUT2D eigenvalue weighted by Crippen LogP contribution is 2.30. The van der Waals surface area contributed by atoms with E-state index in [0.717, 1.165) is 12.1 Å². The molecule has 1 amide bonds. The number of morpholine rings is 1.